The molecule has 1 aromatic heterocycles. The maximum Gasteiger partial charge on any atom is 0.136 e. The van der Waals surface area contributed by atoms with Gasteiger partial charge in [-0.25, -0.2) is 0 Å². The highest BCUT2D eigenvalue weighted by atomic mass is 16.6. The standard InChI is InChI=1S/C15H20O4/c16-14(4-3-13-2-1-7-18-13)12-5-8-19-15(10-12)6-9-17-11-15/h1-2,7,12H,3-6,8-11H2. The number of carbonyl (C=O) groups excluding carboxylic acids is 1. The summed E-state index contributed by atoms with van der Waals surface area (Å²) in [6.07, 6.45) is 5.51. The van der Waals surface area contributed by atoms with Gasteiger partial charge in [0.05, 0.1) is 18.5 Å². The second-order valence-electron chi connectivity index (χ2n) is 5.57. The molecule has 2 fully saturated rings. The van der Waals surface area contributed by atoms with E-state index in [1.165, 1.54) is 0 Å². The Morgan fingerprint density at radius 1 is 1.42 bits per heavy atom. The van der Waals surface area contributed by atoms with Crippen LogP contribution in [0.25, 0.3) is 0 Å². The molecule has 0 amide bonds. The summed E-state index contributed by atoms with van der Waals surface area (Å²) >= 11 is 0. The van der Waals surface area contributed by atoms with Crippen molar-refractivity contribution in [3.8, 4) is 0 Å². The third kappa shape index (κ3) is 2.90. The molecule has 2 aliphatic rings. The largest absolute Gasteiger partial charge is 0.469 e. The summed E-state index contributed by atoms with van der Waals surface area (Å²) in [6, 6.07) is 3.78. The average molecular weight is 264 g/mol. The SMILES string of the molecule is O=C(CCc1ccco1)C1CCOC2(CCOC2)C1. The van der Waals surface area contributed by atoms with Gasteiger partial charge >= 0.3 is 0 Å². The van der Waals surface area contributed by atoms with Gasteiger partial charge in [-0.2, -0.15) is 0 Å². The molecule has 0 saturated carbocycles. The molecular weight excluding hydrogens is 244 g/mol. The third-order valence-corrected chi connectivity index (χ3v) is 4.21. The molecule has 0 aliphatic carbocycles. The Balaban J connectivity index is 1.54. The normalized spacial score (nSPS) is 30.8. The topological polar surface area (TPSA) is 48.7 Å². The first-order chi connectivity index (χ1) is 9.27. The molecule has 0 bridgehead atoms. The highest BCUT2D eigenvalue weighted by molar-refractivity contribution is 5.81. The lowest BCUT2D eigenvalue weighted by molar-refractivity contribution is -0.137. The Labute approximate surface area is 113 Å². The molecule has 3 heterocycles. The number of aryl methyl sites for hydroxylation is 1. The second-order valence-corrected chi connectivity index (χ2v) is 5.57. The van der Waals surface area contributed by atoms with Crippen molar-refractivity contribution in [3.05, 3.63) is 24.2 Å². The lowest BCUT2D eigenvalue weighted by Gasteiger charge is -2.36. The monoisotopic (exact) mass is 264 g/mol. The zero-order valence-corrected chi connectivity index (χ0v) is 11.1. The molecule has 4 heteroatoms. The highest BCUT2D eigenvalue weighted by Crippen LogP contribution is 2.36. The van der Waals surface area contributed by atoms with Crippen molar-refractivity contribution in [1.82, 2.24) is 0 Å². The summed E-state index contributed by atoms with van der Waals surface area (Å²) in [5.41, 5.74) is -0.177. The molecule has 0 radical (unpaired) electrons. The highest BCUT2D eigenvalue weighted by Gasteiger charge is 2.42. The van der Waals surface area contributed by atoms with Crippen molar-refractivity contribution < 1.29 is 18.7 Å². The van der Waals surface area contributed by atoms with E-state index in [2.05, 4.69) is 0 Å². The minimum Gasteiger partial charge on any atom is -0.469 e. The number of ether oxygens (including phenoxy) is 2. The summed E-state index contributed by atoms with van der Waals surface area (Å²) in [7, 11) is 0. The van der Waals surface area contributed by atoms with Crippen LogP contribution in [-0.4, -0.2) is 31.2 Å². The van der Waals surface area contributed by atoms with E-state index in [1.54, 1.807) is 6.26 Å². The Morgan fingerprint density at radius 2 is 2.37 bits per heavy atom. The van der Waals surface area contributed by atoms with Gasteiger partial charge in [0.25, 0.3) is 0 Å². The Kier molecular flexibility index (Phi) is 3.71. The Bertz CT molecular complexity index is 417. The second kappa shape index (κ2) is 5.47. The van der Waals surface area contributed by atoms with E-state index in [0.717, 1.165) is 31.6 Å². The number of ketones is 1. The fourth-order valence-corrected chi connectivity index (χ4v) is 3.07. The fourth-order valence-electron chi connectivity index (χ4n) is 3.07. The van der Waals surface area contributed by atoms with E-state index in [9.17, 15) is 4.79 Å². The number of Topliss-reactive ketones (excluding diaryl/α,β-unsaturated/α-hetero) is 1. The Morgan fingerprint density at radius 3 is 3.11 bits per heavy atom. The van der Waals surface area contributed by atoms with Crippen molar-refractivity contribution in [2.24, 2.45) is 5.92 Å². The first-order valence-electron chi connectivity index (χ1n) is 7.04. The predicted molar refractivity (Wildman–Crippen MR) is 68.9 cm³/mol. The van der Waals surface area contributed by atoms with Crippen molar-refractivity contribution in [1.29, 1.82) is 0 Å². The van der Waals surface area contributed by atoms with Crippen LogP contribution in [0.2, 0.25) is 0 Å². The van der Waals surface area contributed by atoms with Crippen LogP contribution >= 0.6 is 0 Å². The van der Waals surface area contributed by atoms with E-state index < -0.39 is 0 Å². The molecule has 2 aliphatic heterocycles. The van der Waals surface area contributed by atoms with Crippen molar-refractivity contribution in [3.63, 3.8) is 0 Å². The van der Waals surface area contributed by atoms with Gasteiger partial charge in [0.2, 0.25) is 0 Å². The molecule has 2 unspecified atom stereocenters. The van der Waals surface area contributed by atoms with E-state index in [1.807, 2.05) is 12.1 Å². The van der Waals surface area contributed by atoms with E-state index in [4.69, 9.17) is 13.9 Å². The molecule has 1 aromatic rings. The number of hydrogen-bond acceptors (Lipinski definition) is 4. The van der Waals surface area contributed by atoms with Crippen LogP contribution in [0.15, 0.2) is 22.8 Å². The summed E-state index contributed by atoms with van der Waals surface area (Å²) in [6.45, 7) is 2.09. The molecule has 2 atom stereocenters. The molecule has 1 spiro atoms. The molecule has 2 saturated heterocycles. The van der Waals surface area contributed by atoms with Gasteiger partial charge in [-0.15, -0.1) is 0 Å². The predicted octanol–water partition coefficient (Wildman–Crippen LogP) is 2.37. The maximum atomic E-state index is 12.3. The van der Waals surface area contributed by atoms with Crippen LogP contribution in [0, 0.1) is 5.92 Å². The van der Waals surface area contributed by atoms with Crippen LogP contribution in [-0.2, 0) is 20.7 Å². The van der Waals surface area contributed by atoms with Gasteiger partial charge in [-0.3, -0.25) is 4.79 Å². The van der Waals surface area contributed by atoms with Gasteiger partial charge in [0, 0.05) is 38.4 Å². The summed E-state index contributed by atoms with van der Waals surface area (Å²) in [5.74, 6) is 1.36. The van der Waals surface area contributed by atoms with Gasteiger partial charge in [-0.05, 0) is 25.0 Å². The van der Waals surface area contributed by atoms with Crippen LogP contribution in [0.1, 0.15) is 31.4 Å². The zero-order valence-electron chi connectivity index (χ0n) is 11.1. The third-order valence-electron chi connectivity index (χ3n) is 4.21. The average Bonchev–Trinajstić information content (AvgIpc) is 3.08. The van der Waals surface area contributed by atoms with Crippen LogP contribution < -0.4 is 0 Å². The molecule has 0 N–H and O–H groups in total. The summed E-state index contributed by atoms with van der Waals surface area (Å²) in [4.78, 5) is 12.3. The minimum absolute atomic E-state index is 0.130. The number of rotatable bonds is 4. The smallest absolute Gasteiger partial charge is 0.136 e. The van der Waals surface area contributed by atoms with Crippen LogP contribution in [0.5, 0.6) is 0 Å². The van der Waals surface area contributed by atoms with Gasteiger partial charge in [-0.1, -0.05) is 0 Å². The van der Waals surface area contributed by atoms with E-state index in [0.29, 0.717) is 31.8 Å². The van der Waals surface area contributed by atoms with E-state index >= 15 is 0 Å². The van der Waals surface area contributed by atoms with Crippen LogP contribution in [0.3, 0.4) is 0 Å². The van der Waals surface area contributed by atoms with Crippen molar-refractivity contribution >= 4 is 5.78 Å². The number of carbonyl (C=O) groups is 1. The molecule has 0 aromatic carbocycles. The Hall–Kier alpha value is -1.13. The van der Waals surface area contributed by atoms with Crippen molar-refractivity contribution in [2.45, 2.75) is 37.7 Å². The molecule has 3 rings (SSSR count). The maximum absolute atomic E-state index is 12.3. The first-order valence-corrected chi connectivity index (χ1v) is 7.04. The summed E-state index contributed by atoms with van der Waals surface area (Å²) < 4.78 is 16.6. The molecule has 104 valence electrons. The quantitative estimate of drug-likeness (QED) is 0.837. The molecule has 4 nitrogen and oxygen atoms in total. The van der Waals surface area contributed by atoms with Crippen molar-refractivity contribution in [2.75, 3.05) is 19.8 Å². The molecule has 19 heavy (non-hydrogen) atoms. The van der Waals surface area contributed by atoms with Gasteiger partial charge < -0.3 is 13.9 Å². The van der Waals surface area contributed by atoms with Gasteiger partial charge in [0.15, 0.2) is 0 Å². The van der Waals surface area contributed by atoms with E-state index in [-0.39, 0.29) is 11.5 Å². The zero-order chi connectivity index (χ0) is 13.1. The molecular formula is C15H20O4. The van der Waals surface area contributed by atoms with Gasteiger partial charge in [0.1, 0.15) is 11.5 Å². The number of furan rings is 1. The number of hydrogen-bond donors (Lipinski definition) is 0. The fraction of sp³-hybridized carbons (Fsp3) is 0.667. The van der Waals surface area contributed by atoms with Crippen LogP contribution in [0.4, 0.5) is 0 Å². The lowest BCUT2D eigenvalue weighted by Crippen LogP contribution is -2.42. The summed E-state index contributed by atoms with van der Waals surface area (Å²) in [5, 5.41) is 0. The first kappa shape index (κ1) is 12.9. The lowest BCUT2D eigenvalue weighted by atomic mass is 9.82. The minimum atomic E-state index is -0.177.